The number of halogens is 2. The number of hydrogen-bond donors (Lipinski definition) is 0. The number of benzene rings is 1. The predicted octanol–water partition coefficient (Wildman–Crippen LogP) is 5.02. The topological polar surface area (TPSA) is 42.4 Å². The molecule has 25 heavy (non-hydrogen) atoms. The minimum atomic E-state index is -0.549. The van der Waals surface area contributed by atoms with Gasteiger partial charge in [0.25, 0.3) is 0 Å². The number of hydrogen-bond acceptors (Lipinski definition) is 3. The van der Waals surface area contributed by atoms with Gasteiger partial charge in [-0.2, -0.15) is 0 Å². The van der Waals surface area contributed by atoms with Gasteiger partial charge in [0.1, 0.15) is 11.1 Å². The molecule has 1 aromatic carbocycles. The number of carbonyl (C=O) groups excluding carboxylic acids is 1. The zero-order valence-electron chi connectivity index (χ0n) is 14.5. The van der Waals surface area contributed by atoms with Gasteiger partial charge in [-0.05, 0) is 63.3 Å². The van der Waals surface area contributed by atoms with E-state index < -0.39 is 11.4 Å². The fourth-order valence-electron chi connectivity index (χ4n) is 4.06. The molecule has 0 saturated carbocycles. The van der Waals surface area contributed by atoms with Gasteiger partial charge in [-0.15, -0.1) is 0 Å². The molecule has 132 valence electrons. The van der Waals surface area contributed by atoms with Crippen LogP contribution < -0.4 is 0 Å². The van der Waals surface area contributed by atoms with Gasteiger partial charge in [-0.1, -0.05) is 11.6 Å². The fraction of sp³-hybridized carbons (Fsp3) is 0.474. The minimum absolute atomic E-state index is 0.107. The third kappa shape index (κ3) is 2.74. The van der Waals surface area contributed by atoms with E-state index in [0.29, 0.717) is 22.3 Å². The SMILES string of the molecule is CC(C)(C)OC(=O)N1C2CCC1c1c(cnc3c(F)cc(Cl)cc13)C2. The van der Waals surface area contributed by atoms with Gasteiger partial charge in [0.15, 0.2) is 5.82 Å². The van der Waals surface area contributed by atoms with Crippen molar-refractivity contribution in [1.29, 1.82) is 0 Å². The molecule has 2 bridgehead atoms. The molecule has 3 heterocycles. The normalized spacial score (nSPS) is 22.2. The number of fused-ring (bicyclic) bond motifs is 6. The molecule has 4 nitrogen and oxygen atoms in total. The molecule has 1 aromatic heterocycles. The van der Waals surface area contributed by atoms with Gasteiger partial charge in [0.05, 0.1) is 6.04 Å². The van der Waals surface area contributed by atoms with Gasteiger partial charge in [0.2, 0.25) is 0 Å². The van der Waals surface area contributed by atoms with Crippen molar-refractivity contribution < 1.29 is 13.9 Å². The molecule has 0 aliphatic carbocycles. The summed E-state index contributed by atoms with van der Waals surface area (Å²) in [4.78, 5) is 18.9. The Morgan fingerprint density at radius 1 is 1.36 bits per heavy atom. The van der Waals surface area contributed by atoms with Gasteiger partial charge < -0.3 is 4.74 Å². The van der Waals surface area contributed by atoms with Crippen LogP contribution in [-0.2, 0) is 11.2 Å². The molecule has 0 radical (unpaired) electrons. The molecule has 2 aromatic rings. The predicted molar refractivity (Wildman–Crippen MR) is 94.3 cm³/mol. The monoisotopic (exact) mass is 362 g/mol. The molecule has 2 unspecified atom stereocenters. The van der Waals surface area contributed by atoms with Crippen LogP contribution in [0.2, 0.25) is 5.02 Å². The highest BCUT2D eigenvalue weighted by Crippen LogP contribution is 2.47. The highest BCUT2D eigenvalue weighted by Gasteiger charge is 2.45. The molecule has 0 N–H and O–H groups in total. The van der Waals surface area contributed by atoms with Crippen LogP contribution in [0.4, 0.5) is 9.18 Å². The molecule has 0 spiro atoms. The lowest BCUT2D eigenvalue weighted by molar-refractivity contribution is 0.0126. The van der Waals surface area contributed by atoms with Gasteiger partial charge in [0, 0.05) is 22.6 Å². The summed E-state index contributed by atoms with van der Waals surface area (Å²) >= 11 is 6.08. The molecule has 2 aliphatic heterocycles. The van der Waals surface area contributed by atoms with E-state index in [0.717, 1.165) is 24.0 Å². The summed E-state index contributed by atoms with van der Waals surface area (Å²) in [7, 11) is 0. The Kier molecular flexibility index (Phi) is 3.69. The van der Waals surface area contributed by atoms with Crippen LogP contribution in [-0.4, -0.2) is 27.6 Å². The summed E-state index contributed by atoms with van der Waals surface area (Å²) in [6.45, 7) is 5.58. The number of rotatable bonds is 0. The Hall–Kier alpha value is -1.88. The molecule has 6 heteroatoms. The molecule has 1 saturated heterocycles. The van der Waals surface area contributed by atoms with Crippen molar-refractivity contribution in [3.8, 4) is 0 Å². The quantitative estimate of drug-likeness (QED) is 0.660. The largest absolute Gasteiger partial charge is 0.444 e. The number of amides is 1. The Labute approximate surface area is 150 Å². The Morgan fingerprint density at radius 2 is 2.12 bits per heavy atom. The van der Waals surface area contributed by atoms with Gasteiger partial charge in [-0.25, -0.2) is 9.18 Å². The summed E-state index contributed by atoms with van der Waals surface area (Å²) in [5.41, 5.74) is 1.79. The first-order valence-corrected chi connectivity index (χ1v) is 8.90. The van der Waals surface area contributed by atoms with E-state index in [9.17, 15) is 9.18 Å². The van der Waals surface area contributed by atoms with E-state index in [4.69, 9.17) is 16.3 Å². The third-order valence-electron chi connectivity index (χ3n) is 4.91. The lowest BCUT2D eigenvalue weighted by atomic mass is 9.91. The van der Waals surface area contributed by atoms with Crippen molar-refractivity contribution in [2.45, 2.75) is 57.7 Å². The highest BCUT2D eigenvalue weighted by atomic mass is 35.5. The first-order chi connectivity index (χ1) is 11.7. The lowest BCUT2D eigenvalue weighted by Gasteiger charge is -2.37. The van der Waals surface area contributed by atoms with Crippen LogP contribution in [0.15, 0.2) is 18.3 Å². The van der Waals surface area contributed by atoms with Crippen LogP contribution in [0.3, 0.4) is 0 Å². The Balaban J connectivity index is 1.84. The number of pyridine rings is 1. The first kappa shape index (κ1) is 16.6. The fourth-order valence-corrected chi connectivity index (χ4v) is 4.26. The molecule has 1 fully saturated rings. The number of carbonyl (C=O) groups is 1. The summed E-state index contributed by atoms with van der Waals surface area (Å²) in [6.07, 6.45) is 3.89. The highest BCUT2D eigenvalue weighted by molar-refractivity contribution is 6.31. The van der Waals surface area contributed by atoms with E-state index >= 15 is 0 Å². The van der Waals surface area contributed by atoms with Crippen LogP contribution in [0.1, 0.15) is 50.8 Å². The average molecular weight is 363 g/mol. The third-order valence-corrected chi connectivity index (χ3v) is 5.13. The zero-order chi connectivity index (χ0) is 17.9. The maximum Gasteiger partial charge on any atom is 0.411 e. The van der Waals surface area contributed by atoms with Crippen molar-refractivity contribution in [2.75, 3.05) is 0 Å². The Bertz CT molecular complexity index is 878. The molecule has 4 rings (SSSR count). The molecule has 1 amide bonds. The summed E-state index contributed by atoms with van der Waals surface area (Å²) in [6, 6.07) is 3.01. The van der Waals surface area contributed by atoms with Crippen molar-refractivity contribution >= 4 is 28.6 Å². The second kappa shape index (κ2) is 5.56. The minimum Gasteiger partial charge on any atom is -0.444 e. The summed E-state index contributed by atoms with van der Waals surface area (Å²) in [5, 5.41) is 1.03. The number of aromatic nitrogens is 1. The molecule has 2 atom stereocenters. The van der Waals surface area contributed by atoms with Crippen LogP contribution in [0.25, 0.3) is 10.9 Å². The van der Waals surface area contributed by atoms with Crippen molar-refractivity contribution in [2.24, 2.45) is 0 Å². The van der Waals surface area contributed by atoms with Crippen molar-refractivity contribution in [3.63, 3.8) is 0 Å². The second-order valence-corrected chi connectivity index (χ2v) is 8.26. The molecular weight excluding hydrogens is 343 g/mol. The number of nitrogens with zero attached hydrogens (tertiary/aromatic N) is 2. The van der Waals surface area contributed by atoms with Crippen LogP contribution in [0.5, 0.6) is 0 Å². The van der Waals surface area contributed by atoms with Crippen LogP contribution >= 0.6 is 11.6 Å². The standard InChI is InChI=1S/C19H20ClFN2O2/c1-19(2,3)25-18(24)23-12-4-5-15(23)16-10(6-12)9-22-17-13(16)7-11(20)8-14(17)21/h7-9,12,15H,4-6H2,1-3H3. The van der Waals surface area contributed by atoms with Crippen LogP contribution in [0, 0.1) is 5.82 Å². The average Bonchev–Trinajstić information content (AvgIpc) is 2.79. The maximum absolute atomic E-state index is 14.3. The van der Waals surface area contributed by atoms with E-state index in [-0.39, 0.29) is 18.2 Å². The maximum atomic E-state index is 14.3. The first-order valence-electron chi connectivity index (χ1n) is 8.52. The summed E-state index contributed by atoms with van der Waals surface area (Å²) in [5.74, 6) is -0.436. The Morgan fingerprint density at radius 3 is 2.84 bits per heavy atom. The van der Waals surface area contributed by atoms with E-state index in [1.807, 2.05) is 25.7 Å². The van der Waals surface area contributed by atoms with E-state index in [2.05, 4.69) is 4.98 Å². The molecule has 2 aliphatic rings. The molecular formula is C19H20ClFN2O2. The smallest absolute Gasteiger partial charge is 0.411 e. The second-order valence-electron chi connectivity index (χ2n) is 7.82. The van der Waals surface area contributed by atoms with Crippen molar-refractivity contribution in [3.05, 3.63) is 40.3 Å². The van der Waals surface area contributed by atoms with E-state index in [1.54, 1.807) is 12.3 Å². The summed E-state index contributed by atoms with van der Waals surface area (Å²) < 4.78 is 19.9. The van der Waals surface area contributed by atoms with Gasteiger partial charge >= 0.3 is 6.09 Å². The zero-order valence-corrected chi connectivity index (χ0v) is 15.2. The lowest BCUT2D eigenvalue weighted by Crippen LogP contribution is -2.44. The van der Waals surface area contributed by atoms with E-state index in [1.165, 1.54) is 6.07 Å². The van der Waals surface area contributed by atoms with Gasteiger partial charge in [-0.3, -0.25) is 9.88 Å². The number of ether oxygens (including phenoxy) is 1. The van der Waals surface area contributed by atoms with Crippen molar-refractivity contribution in [1.82, 2.24) is 9.88 Å².